The van der Waals surface area contributed by atoms with Crippen LogP contribution in [0.2, 0.25) is 0 Å². The van der Waals surface area contributed by atoms with Crippen LogP contribution in [0.15, 0.2) is 36.4 Å². The predicted octanol–water partition coefficient (Wildman–Crippen LogP) is 3.57. The fraction of sp³-hybridized carbons (Fsp3) is 0.421. The van der Waals surface area contributed by atoms with Gasteiger partial charge >= 0.3 is 5.97 Å². The first-order valence-corrected chi connectivity index (χ1v) is 8.46. The number of anilines is 1. The molecule has 3 rings (SSSR count). The van der Waals surface area contributed by atoms with Crippen LogP contribution < -0.4 is 4.90 Å². The first-order valence-electron chi connectivity index (χ1n) is 8.46. The van der Waals surface area contributed by atoms with Crippen molar-refractivity contribution in [3.05, 3.63) is 42.1 Å². The molecule has 0 atom stereocenters. The van der Waals surface area contributed by atoms with Gasteiger partial charge in [-0.15, -0.1) is 0 Å². The maximum absolute atomic E-state index is 11.1. The molecule has 1 aromatic heterocycles. The zero-order valence-corrected chi connectivity index (χ0v) is 14.1. The fourth-order valence-corrected chi connectivity index (χ4v) is 2.98. The number of aromatic nitrogens is 2. The minimum Gasteiger partial charge on any atom is -0.481 e. The molecule has 1 fully saturated rings. The van der Waals surface area contributed by atoms with Crippen LogP contribution in [0.5, 0.6) is 0 Å². The number of piperidine rings is 1. The molecule has 1 aliphatic rings. The van der Waals surface area contributed by atoms with E-state index in [4.69, 9.17) is 15.1 Å². The van der Waals surface area contributed by atoms with E-state index in [9.17, 15) is 4.79 Å². The summed E-state index contributed by atoms with van der Waals surface area (Å²) in [6, 6.07) is 12.0. The summed E-state index contributed by atoms with van der Waals surface area (Å²) in [5, 5.41) is 9.16. The third-order valence-electron chi connectivity index (χ3n) is 4.52. The number of hydrogen-bond acceptors (Lipinski definition) is 4. The molecular formula is C19H23N3O2. The molecule has 1 aromatic carbocycles. The van der Waals surface area contributed by atoms with Crippen LogP contribution in [0, 0.1) is 5.92 Å². The zero-order chi connectivity index (χ0) is 17.1. The smallest absolute Gasteiger partial charge is 0.306 e. The standard InChI is InChI=1S/C19H23N3O2/c1-13(2)16-12-17(22-10-8-15(9-11-22)19(23)24)21-18(20-16)14-6-4-3-5-7-14/h3-7,12-13,15H,8-11H2,1-2H3,(H,23,24). The lowest BCUT2D eigenvalue weighted by atomic mass is 9.97. The zero-order valence-electron chi connectivity index (χ0n) is 14.1. The Morgan fingerprint density at radius 3 is 2.42 bits per heavy atom. The van der Waals surface area contributed by atoms with Gasteiger partial charge in [0, 0.05) is 30.4 Å². The summed E-state index contributed by atoms with van der Waals surface area (Å²) in [6.07, 6.45) is 1.33. The molecule has 0 unspecified atom stereocenters. The normalized spacial score (nSPS) is 15.7. The van der Waals surface area contributed by atoms with E-state index in [1.54, 1.807) is 0 Å². The minimum atomic E-state index is -0.690. The predicted molar refractivity (Wildman–Crippen MR) is 94.1 cm³/mol. The maximum Gasteiger partial charge on any atom is 0.306 e. The molecule has 0 radical (unpaired) electrons. The molecule has 0 amide bonds. The fourth-order valence-electron chi connectivity index (χ4n) is 2.98. The van der Waals surface area contributed by atoms with Crippen molar-refractivity contribution in [3.63, 3.8) is 0 Å². The molecule has 5 heteroatoms. The topological polar surface area (TPSA) is 66.3 Å². The average Bonchev–Trinajstić information content (AvgIpc) is 2.62. The van der Waals surface area contributed by atoms with E-state index in [1.807, 2.05) is 36.4 Å². The van der Waals surface area contributed by atoms with Crippen LogP contribution in [0.1, 0.15) is 38.3 Å². The van der Waals surface area contributed by atoms with E-state index in [0.717, 1.165) is 36.0 Å². The summed E-state index contributed by atoms with van der Waals surface area (Å²) in [4.78, 5) is 22.8. The summed E-state index contributed by atoms with van der Waals surface area (Å²) < 4.78 is 0. The van der Waals surface area contributed by atoms with Gasteiger partial charge in [-0.2, -0.15) is 0 Å². The number of aliphatic carboxylic acids is 1. The van der Waals surface area contributed by atoms with Gasteiger partial charge in [0.05, 0.1) is 5.92 Å². The van der Waals surface area contributed by atoms with Crippen LogP contribution in [0.25, 0.3) is 11.4 Å². The lowest BCUT2D eigenvalue weighted by molar-refractivity contribution is -0.142. The Bertz CT molecular complexity index is 708. The Morgan fingerprint density at radius 1 is 1.17 bits per heavy atom. The SMILES string of the molecule is CC(C)c1cc(N2CCC(C(=O)O)CC2)nc(-c2ccccc2)n1. The Labute approximate surface area is 142 Å². The molecule has 5 nitrogen and oxygen atoms in total. The lowest BCUT2D eigenvalue weighted by Gasteiger charge is -2.31. The third-order valence-corrected chi connectivity index (χ3v) is 4.52. The average molecular weight is 325 g/mol. The molecular weight excluding hydrogens is 302 g/mol. The molecule has 0 saturated carbocycles. The van der Waals surface area contributed by atoms with E-state index >= 15 is 0 Å². The summed E-state index contributed by atoms with van der Waals surface area (Å²) in [5.41, 5.74) is 2.01. The first-order chi connectivity index (χ1) is 11.5. The van der Waals surface area contributed by atoms with Crippen LogP contribution in [-0.4, -0.2) is 34.1 Å². The molecule has 2 heterocycles. The van der Waals surface area contributed by atoms with Gasteiger partial charge < -0.3 is 10.0 Å². The number of carbonyl (C=O) groups is 1. The number of nitrogens with zero attached hydrogens (tertiary/aromatic N) is 3. The Hall–Kier alpha value is -2.43. The highest BCUT2D eigenvalue weighted by atomic mass is 16.4. The van der Waals surface area contributed by atoms with Crippen molar-refractivity contribution < 1.29 is 9.90 Å². The molecule has 126 valence electrons. The van der Waals surface area contributed by atoms with Crippen LogP contribution >= 0.6 is 0 Å². The number of carboxylic acids is 1. The van der Waals surface area contributed by atoms with Crippen molar-refractivity contribution >= 4 is 11.8 Å². The van der Waals surface area contributed by atoms with E-state index < -0.39 is 5.97 Å². The van der Waals surface area contributed by atoms with Gasteiger partial charge in [-0.05, 0) is 18.8 Å². The second-order valence-corrected chi connectivity index (χ2v) is 6.59. The third kappa shape index (κ3) is 3.55. The van der Waals surface area contributed by atoms with Gasteiger partial charge in [0.25, 0.3) is 0 Å². The molecule has 0 bridgehead atoms. The Morgan fingerprint density at radius 2 is 1.83 bits per heavy atom. The van der Waals surface area contributed by atoms with Gasteiger partial charge in [0.1, 0.15) is 5.82 Å². The van der Waals surface area contributed by atoms with Crippen molar-refractivity contribution in [2.45, 2.75) is 32.6 Å². The van der Waals surface area contributed by atoms with Crippen molar-refractivity contribution in [1.29, 1.82) is 0 Å². The van der Waals surface area contributed by atoms with E-state index in [2.05, 4.69) is 18.7 Å². The Kier molecular flexibility index (Phi) is 4.79. The lowest BCUT2D eigenvalue weighted by Crippen LogP contribution is -2.37. The van der Waals surface area contributed by atoms with E-state index in [1.165, 1.54) is 0 Å². The van der Waals surface area contributed by atoms with Crippen LogP contribution in [0.3, 0.4) is 0 Å². The van der Waals surface area contributed by atoms with Crippen LogP contribution in [0.4, 0.5) is 5.82 Å². The van der Waals surface area contributed by atoms with Crippen molar-refractivity contribution in [3.8, 4) is 11.4 Å². The monoisotopic (exact) mass is 325 g/mol. The maximum atomic E-state index is 11.1. The molecule has 2 aromatic rings. The summed E-state index contributed by atoms with van der Waals surface area (Å²) in [6.45, 7) is 5.69. The molecule has 1 saturated heterocycles. The van der Waals surface area contributed by atoms with Gasteiger partial charge in [-0.3, -0.25) is 4.79 Å². The highest BCUT2D eigenvalue weighted by molar-refractivity contribution is 5.70. The van der Waals surface area contributed by atoms with Crippen molar-refractivity contribution in [1.82, 2.24) is 9.97 Å². The number of rotatable bonds is 4. The van der Waals surface area contributed by atoms with E-state index in [0.29, 0.717) is 18.8 Å². The van der Waals surface area contributed by atoms with Crippen molar-refractivity contribution in [2.24, 2.45) is 5.92 Å². The second kappa shape index (κ2) is 6.99. The van der Waals surface area contributed by atoms with Gasteiger partial charge in [0.2, 0.25) is 0 Å². The van der Waals surface area contributed by atoms with Crippen LogP contribution in [-0.2, 0) is 4.79 Å². The highest BCUT2D eigenvalue weighted by Gasteiger charge is 2.25. The first kappa shape index (κ1) is 16.4. The minimum absolute atomic E-state index is 0.235. The molecule has 0 spiro atoms. The molecule has 24 heavy (non-hydrogen) atoms. The molecule has 0 aliphatic carbocycles. The van der Waals surface area contributed by atoms with Gasteiger partial charge in [0.15, 0.2) is 5.82 Å². The Balaban J connectivity index is 1.90. The summed E-state index contributed by atoms with van der Waals surface area (Å²) in [5.74, 6) is 1.02. The van der Waals surface area contributed by atoms with E-state index in [-0.39, 0.29) is 5.92 Å². The van der Waals surface area contributed by atoms with Crippen molar-refractivity contribution in [2.75, 3.05) is 18.0 Å². The number of benzene rings is 1. The summed E-state index contributed by atoms with van der Waals surface area (Å²) >= 11 is 0. The largest absolute Gasteiger partial charge is 0.481 e. The highest BCUT2D eigenvalue weighted by Crippen LogP contribution is 2.27. The quantitative estimate of drug-likeness (QED) is 0.931. The van der Waals surface area contributed by atoms with Gasteiger partial charge in [-0.25, -0.2) is 9.97 Å². The summed E-state index contributed by atoms with van der Waals surface area (Å²) in [7, 11) is 0. The molecule has 1 N–H and O–H groups in total. The number of carboxylic acid groups (broad SMARTS) is 1. The molecule has 1 aliphatic heterocycles. The second-order valence-electron chi connectivity index (χ2n) is 6.59. The number of hydrogen-bond donors (Lipinski definition) is 1. The van der Waals surface area contributed by atoms with Gasteiger partial charge in [-0.1, -0.05) is 44.2 Å².